The largest absolute Gasteiger partial charge is 0.426 e. The Morgan fingerprint density at radius 2 is 2.00 bits per heavy atom. The molecule has 0 saturated carbocycles. The van der Waals surface area contributed by atoms with E-state index >= 15 is 0 Å². The molecule has 0 saturated heterocycles. The van der Waals surface area contributed by atoms with Crippen LogP contribution in [0.1, 0.15) is 46.5 Å². The van der Waals surface area contributed by atoms with Gasteiger partial charge in [0.2, 0.25) is 5.79 Å². The van der Waals surface area contributed by atoms with E-state index in [9.17, 15) is 9.90 Å². The van der Waals surface area contributed by atoms with Crippen LogP contribution < -0.4 is 0 Å². The van der Waals surface area contributed by atoms with Crippen LogP contribution in [0, 0.1) is 0 Å². The fourth-order valence-corrected chi connectivity index (χ4v) is 1.61. The molecule has 0 bridgehead atoms. The molecule has 1 aliphatic heterocycles. The van der Waals surface area contributed by atoms with Crippen molar-refractivity contribution < 1.29 is 14.6 Å². The lowest BCUT2D eigenvalue weighted by Crippen LogP contribution is -2.30. The van der Waals surface area contributed by atoms with Gasteiger partial charge in [-0.3, -0.25) is 0 Å². The van der Waals surface area contributed by atoms with Crippen LogP contribution in [-0.4, -0.2) is 16.9 Å². The third kappa shape index (κ3) is 1.98. The van der Waals surface area contributed by atoms with Gasteiger partial charge in [-0.05, 0) is 20.3 Å². The first-order valence-corrected chi connectivity index (χ1v) is 5.15. The number of cyclic esters (lactones) is 1. The molecule has 0 aromatic rings. The van der Waals surface area contributed by atoms with Gasteiger partial charge in [-0.15, -0.1) is 0 Å². The van der Waals surface area contributed by atoms with Crippen molar-refractivity contribution in [3.05, 3.63) is 11.1 Å². The molecule has 1 atom stereocenters. The van der Waals surface area contributed by atoms with Gasteiger partial charge in [0.25, 0.3) is 0 Å². The van der Waals surface area contributed by atoms with E-state index in [1.165, 1.54) is 0 Å². The minimum absolute atomic E-state index is 0.388. The zero-order chi connectivity index (χ0) is 10.8. The molecule has 1 rings (SSSR count). The van der Waals surface area contributed by atoms with Gasteiger partial charge in [0.1, 0.15) is 0 Å². The zero-order valence-electron chi connectivity index (χ0n) is 9.09. The molecule has 1 aliphatic rings. The average molecular weight is 198 g/mol. The Kier molecular flexibility index (Phi) is 3.32. The number of carbonyl (C=O) groups excluding carboxylic acids is 1. The molecule has 0 unspecified atom stereocenters. The molecule has 0 aromatic carbocycles. The molecule has 14 heavy (non-hydrogen) atoms. The van der Waals surface area contributed by atoms with Crippen molar-refractivity contribution in [3.8, 4) is 0 Å². The Balaban J connectivity index is 2.63. The Morgan fingerprint density at radius 1 is 1.36 bits per heavy atom. The van der Waals surface area contributed by atoms with Gasteiger partial charge < -0.3 is 9.84 Å². The summed E-state index contributed by atoms with van der Waals surface area (Å²) >= 11 is 0. The quantitative estimate of drug-likeness (QED) is 0.556. The van der Waals surface area contributed by atoms with Crippen molar-refractivity contribution in [2.24, 2.45) is 0 Å². The van der Waals surface area contributed by atoms with Gasteiger partial charge >= 0.3 is 5.97 Å². The third-order valence-electron chi connectivity index (χ3n) is 2.84. The van der Waals surface area contributed by atoms with E-state index in [2.05, 4.69) is 6.92 Å². The summed E-state index contributed by atoms with van der Waals surface area (Å²) in [6, 6.07) is 0. The summed E-state index contributed by atoms with van der Waals surface area (Å²) < 4.78 is 4.96. The summed E-state index contributed by atoms with van der Waals surface area (Å²) in [5.41, 5.74) is 1.21. The van der Waals surface area contributed by atoms with Crippen LogP contribution in [0.15, 0.2) is 11.1 Å². The van der Waals surface area contributed by atoms with E-state index in [-0.39, 0.29) is 5.97 Å². The van der Waals surface area contributed by atoms with E-state index in [0.717, 1.165) is 19.3 Å². The number of carbonyl (C=O) groups is 1. The van der Waals surface area contributed by atoms with Gasteiger partial charge in [0.15, 0.2) is 0 Å². The smallest absolute Gasteiger partial charge is 0.336 e. The summed E-state index contributed by atoms with van der Waals surface area (Å²) in [6.07, 6.45) is 3.53. The SMILES string of the molecule is CCCCC[C@]1(O)OC(=O)C(C)=C1C. The Bertz CT molecular complexity index is 268. The van der Waals surface area contributed by atoms with Crippen LogP contribution >= 0.6 is 0 Å². The fraction of sp³-hybridized carbons (Fsp3) is 0.727. The molecule has 0 radical (unpaired) electrons. The van der Waals surface area contributed by atoms with Crippen molar-refractivity contribution >= 4 is 5.97 Å². The third-order valence-corrected chi connectivity index (χ3v) is 2.84. The van der Waals surface area contributed by atoms with Crippen molar-refractivity contribution in [3.63, 3.8) is 0 Å². The molecular weight excluding hydrogens is 180 g/mol. The van der Waals surface area contributed by atoms with Gasteiger partial charge in [-0.1, -0.05) is 19.8 Å². The maximum absolute atomic E-state index is 11.2. The number of aliphatic hydroxyl groups is 1. The van der Waals surface area contributed by atoms with Crippen LogP contribution in [0.25, 0.3) is 0 Å². The van der Waals surface area contributed by atoms with Gasteiger partial charge in [0.05, 0.1) is 0 Å². The molecule has 0 aliphatic carbocycles. The second-order valence-electron chi connectivity index (χ2n) is 3.88. The van der Waals surface area contributed by atoms with E-state index < -0.39 is 5.79 Å². The highest BCUT2D eigenvalue weighted by Gasteiger charge is 2.41. The van der Waals surface area contributed by atoms with Crippen molar-refractivity contribution in [2.75, 3.05) is 0 Å². The van der Waals surface area contributed by atoms with E-state index in [4.69, 9.17) is 4.74 Å². The number of hydrogen-bond donors (Lipinski definition) is 1. The van der Waals surface area contributed by atoms with Crippen LogP contribution in [0.3, 0.4) is 0 Å². The minimum atomic E-state index is -1.32. The second kappa shape index (κ2) is 4.13. The van der Waals surface area contributed by atoms with Gasteiger partial charge in [0, 0.05) is 17.6 Å². The van der Waals surface area contributed by atoms with E-state index in [1.807, 2.05) is 0 Å². The maximum atomic E-state index is 11.2. The average Bonchev–Trinajstić information content (AvgIpc) is 2.32. The maximum Gasteiger partial charge on any atom is 0.336 e. The number of ether oxygens (including phenoxy) is 1. The lowest BCUT2D eigenvalue weighted by atomic mass is 9.99. The van der Waals surface area contributed by atoms with Gasteiger partial charge in [-0.25, -0.2) is 4.79 Å². The Labute approximate surface area is 84.8 Å². The summed E-state index contributed by atoms with van der Waals surface area (Å²) in [7, 11) is 0. The molecule has 0 fully saturated rings. The fourth-order valence-electron chi connectivity index (χ4n) is 1.61. The highest BCUT2D eigenvalue weighted by molar-refractivity contribution is 5.91. The Hall–Kier alpha value is -0.830. The predicted molar refractivity (Wildman–Crippen MR) is 53.6 cm³/mol. The molecule has 3 nitrogen and oxygen atoms in total. The van der Waals surface area contributed by atoms with Crippen LogP contribution in [-0.2, 0) is 9.53 Å². The highest BCUT2D eigenvalue weighted by Crippen LogP contribution is 2.34. The lowest BCUT2D eigenvalue weighted by molar-refractivity contribution is -0.183. The van der Waals surface area contributed by atoms with E-state index in [1.54, 1.807) is 13.8 Å². The van der Waals surface area contributed by atoms with Crippen LogP contribution in [0.2, 0.25) is 0 Å². The molecule has 3 heteroatoms. The topological polar surface area (TPSA) is 46.5 Å². The summed E-state index contributed by atoms with van der Waals surface area (Å²) in [5, 5.41) is 10.0. The first-order chi connectivity index (χ1) is 6.51. The lowest BCUT2D eigenvalue weighted by Gasteiger charge is -2.22. The number of unbranched alkanes of at least 4 members (excludes halogenated alkanes) is 2. The van der Waals surface area contributed by atoms with Crippen LogP contribution in [0.5, 0.6) is 0 Å². The molecule has 0 amide bonds. The summed E-state index contributed by atoms with van der Waals surface area (Å²) in [6.45, 7) is 5.54. The number of rotatable bonds is 4. The summed E-state index contributed by atoms with van der Waals surface area (Å²) in [5.74, 6) is -1.71. The predicted octanol–water partition coefficient (Wildman–Crippen LogP) is 2.15. The minimum Gasteiger partial charge on any atom is -0.426 e. The van der Waals surface area contributed by atoms with Crippen LogP contribution in [0.4, 0.5) is 0 Å². The molecule has 80 valence electrons. The first kappa shape index (κ1) is 11.2. The van der Waals surface area contributed by atoms with E-state index in [0.29, 0.717) is 17.6 Å². The molecule has 0 spiro atoms. The first-order valence-electron chi connectivity index (χ1n) is 5.15. The van der Waals surface area contributed by atoms with Crippen molar-refractivity contribution in [2.45, 2.75) is 52.2 Å². The second-order valence-corrected chi connectivity index (χ2v) is 3.88. The van der Waals surface area contributed by atoms with Crippen molar-refractivity contribution in [1.29, 1.82) is 0 Å². The normalized spacial score (nSPS) is 27.0. The highest BCUT2D eigenvalue weighted by atomic mass is 16.7. The molecular formula is C11H18O3. The number of hydrogen-bond acceptors (Lipinski definition) is 3. The molecule has 1 N–H and O–H groups in total. The van der Waals surface area contributed by atoms with Gasteiger partial charge in [-0.2, -0.15) is 0 Å². The van der Waals surface area contributed by atoms with Crippen molar-refractivity contribution in [1.82, 2.24) is 0 Å². The zero-order valence-corrected chi connectivity index (χ0v) is 9.09. The summed E-state index contributed by atoms with van der Waals surface area (Å²) in [4.78, 5) is 11.2. The monoisotopic (exact) mass is 198 g/mol. The molecule has 0 aromatic heterocycles. The molecule has 1 heterocycles. The standard InChI is InChI=1S/C11H18O3/c1-4-5-6-7-11(13)9(3)8(2)10(12)14-11/h13H,4-7H2,1-3H3/t11-/m0/s1. The Morgan fingerprint density at radius 3 is 2.43 bits per heavy atom. The number of esters is 1.